The molecular formula is C29H33N3O6. The van der Waals surface area contributed by atoms with Crippen molar-refractivity contribution in [3.8, 4) is 0 Å². The zero-order valence-corrected chi connectivity index (χ0v) is 21.7. The molecule has 1 unspecified atom stereocenters. The van der Waals surface area contributed by atoms with Crippen LogP contribution in [0, 0.1) is 0 Å². The van der Waals surface area contributed by atoms with Crippen molar-refractivity contribution in [2.24, 2.45) is 0 Å². The fourth-order valence-electron chi connectivity index (χ4n) is 4.68. The highest BCUT2D eigenvalue weighted by molar-refractivity contribution is 6.08. The molecule has 9 nitrogen and oxygen atoms in total. The van der Waals surface area contributed by atoms with Gasteiger partial charge in [0, 0.05) is 43.0 Å². The number of carboxylic acids is 1. The first-order chi connectivity index (χ1) is 18.4. The normalized spacial score (nSPS) is 16.3. The predicted octanol–water partition coefficient (Wildman–Crippen LogP) is 3.91. The van der Waals surface area contributed by atoms with E-state index in [4.69, 9.17) is 19.9 Å². The van der Waals surface area contributed by atoms with Gasteiger partial charge in [0.25, 0.3) is 5.91 Å². The van der Waals surface area contributed by atoms with E-state index < -0.39 is 17.9 Å². The van der Waals surface area contributed by atoms with Gasteiger partial charge in [-0.05, 0) is 35.8 Å². The van der Waals surface area contributed by atoms with Gasteiger partial charge in [-0.1, -0.05) is 42.5 Å². The number of methoxy groups -OCH3 is 2. The Labute approximate surface area is 221 Å². The summed E-state index contributed by atoms with van der Waals surface area (Å²) in [6.07, 6.45) is 2.57. The zero-order chi connectivity index (χ0) is 27.2. The number of nitrogens with one attached hydrogen (secondary N) is 2. The average molecular weight is 520 g/mol. The molecule has 1 aromatic heterocycles. The summed E-state index contributed by atoms with van der Waals surface area (Å²) in [5.41, 5.74) is 10.9. The lowest BCUT2D eigenvalue weighted by molar-refractivity contribution is -0.139. The van der Waals surface area contributed by atoms with Crippen LogP contribution in [0.4, 0.5) is 5.69 Å². The van der Waals surface area contributed by atoms with Crippen LogP contribution in [0.25, 0.3) is 16.5 Å². The molecule has 9 heteroatoms. The molecule has 0 fully saturated rings. The van der Waals surface area contributed by atoms with Gasteiger partial charge in [-0.25, -0.2) is 4.79 Å². The second kappa shape index (κ2) is 12.0. The monoisotopic (exact) mass is 519 g/mol. The number of para-hydroxylation sites is 1. The number of hydrogen-bond acceptors (Lipinski definition) is 6. The number of nitrogens with two attached hydrogens (primary N) is 1. The number of hydrogen-bond donors (Lipinski definition) is 4. The van der Waals surface area contributed by atoms with Crippen molar-refractivity contribution >= 4 is 34.0 Å². The number of H-pyrrole nitrogens is 1. The first-order valence-electron chi connectivity index (χ1n) is 12.4. The predicted molar refractivity (Wildman–Crippen MR) is 146 cm³/mol. The van der Waals surface area contributed by atoms with Crippen LogP contribution in [0.15, 0.2) is 65.9 Å². The molecule has 0 spiro atoms. The summed E-state index contributed by atoms with van der Waals surface area (Å²) in [5.74, 6) is -1.00. The van der Waals surface area contributed by atoms with Crippen LogP contribution in [0.5, 0.6) is 0 Å². The van der Waals surface area contributed by atoms with Crippen molar-refractivity contribution in [2.75, 3.05) is 33.2 Å². The molecule has 4 rings (SSSR count). The molecule has 0 bridgehead atoms. The van der Waals surface area contributed by atoms with Gasteiger partial charge in [0.05, 0.1) is 25.5 Å². The molecule has 0 radical (unpaired) electrons. The van der Waals surface area contributed by atoms with E-state index in [1.165, 1.54) is 0 Å². The molecule has 1 aliphatic rings. The van der Waals surface area contributed by atoms with Crippen LogP contribution >= 0.6 is 0 Å². The largest absolute Gasteiger partial charge is 0.496 e. The van der Waals surface area contributed by atoms with Crippen molar-refractivity contribution in [1.82, 2.24) is 10.3 Å². The summed E-state index contributed by atoms with van der Waals surface area (Å²) in [6.45, 7) is 3.10. The Hall–Kier alpha value is -4.08. The maximum Gasteiger partial charge on any atom is 0.326 e. The van der Waals surface area contributed by atoms with E-state index >= 15 is 0 Å². The molecule has 200 valence electrons. The number of aliphatic carboxylic acids is 1. The minimum atomic E-state index is -1.14. The van der Waals surface area contributed by atoms with Crippen LogP contribution in [-0.2, 0) is 25.4 Å². The van der Waals surface area contributed by atoms with E-state index in [0.29, 0.717) is 36.3 Å². The number of fused-ring (bicyclic) bond motifs is 1. The fourth-order valence-corrected chi connectivity index (χ4v) is 4.68. The summed E-state index contributed by atoms with van der Waals surface area (Å²) >= 11 is 0. The Morgan fingerprint density at radius 1 is 1.16 bits per heavy atom. The van der Waals surface area contributed by atoms with Crippen molar-refractivity contribution in [3.05, 3.63) is 82.8 Å². The van der Waals surface area contributed by atoms with E-state index in [9.17, 15) is 14.7 Å². The minimum absolute atomic E-state index is 0.101. The number of anilines is 1. The molecular weight excluding hydrogens is 486 g/mol. The maximum atomic E-state index is 12.9. The molecule has 0 saturated heterocycles. The number of ether oxygens (including phenoxy) is 3. The highest BCUT2D eigenvalue weighted by Crippen LogP contribution is 2.34. The third kappa shape index (κ3) is 5.74. The van der Waals surface area contributed by atoms with Crippen LogP contribution in [0.1, 0.15) is 35.0 Å². The number of carbonyl (C=O) groups is 2. The number of nitrogen functional groups attached to an aromatic ring is 1. The maximum absolute atomic E-state index is 12.9. The lowest BCUT2D eigenvalue weighted by Crippen LogP contribution is -2.42. The molecule has 5 N–H and O–H groups in total. The first kappa shape index (κ1) is 27.0. The number of carbonyl (C=O) groups excluding carboxylic acids is 1. The Balaban J connectivity index is 1.52. The Bertz CT molecular complexity index is 1370. The lowest BCUT2D eigenvalue weighted by Gasteiger charge is -2.27. The first-order valence-corrected chi connectivity index (χ1v) is 12.4. The van der Waals surface area contributed by atoms with Gasteiger partial charge in [0.15, 0.2) is 0 Å². The second-order valence-electron chi connectivity index (χ2n) is 9.07. The molecule has 38 heavy (non-hydrogen) atoms. The molecule has 2 atom stereocenters. The molecule has 0 saturated carbocycles. The number of allylic oxidation sites excluding steroid dienone is 1. The van der Waals surface area contributed by atoms with E-state index in [1.807, 2.05) is 49.4 Å². The number of carboxylic acid groups (broad SMARTS) is 1. The van der Waals surface area contributed by atoms with Crippen LogP contribution in [0.2, 0.25) is 0 Å². The number of rotatable bonds is 11. The van der Waals surface area contributed by atoms with E-state index in [1.54, 1.807) is 26.4 Å². The third-order valence-electron chi connectivity index (χ3n) is 6.65. The zero-order valence-electron chi connectivity index (χ0n) is 21.7. The number of amides is 1. The highest BCUT2D eigenvalue weighted by atomic mass is 16.5. The highest BCUT2D eigenvalue weighted by Gasteiger charge is 2.27. The van der Waals surface area contributed by atoms with E-state index in [-0.39, 0.29) is 23.9 Å². The fraction of sp³-hybridized carbons (Fsp3) is 0.310. The van der Waals surface area contributed by atoms with Gasteiger partial charge < -0.3 is 35.4 Å². The SMILES string of the molecule is CCOCC1=CC(OC)=C(c2ccc(C[C@H](NC(=O)c3[nH]c4ccccc4c3N)C(=O)O)cc2)C(OC)C1. The quantitative estimate of drug-likeness (QED) is 0.302. The van der Waals surface area contributed by atoms with Gasteiger partial charge >= 0.3 is 5.97 Å². The van der Waals surface area contributed by atoms with Gasteiger partial charge in [-0.2, -0.15) is 0 Å². The summed E-state index contributed by atoms with van der Waals surface area (Å²) in [6, 6.07) is 13.6. The molecule has 2 aromatic carbocycles. The van der Waals surface area contributed by atoms with Crippen molar-refractivity contribution in [2.45, 2.75) is 31.9 Å². The van der Waals surface area contributed by atoms with Gasteiger partial charge in [-0.15, -0.1) is 0 Å². The topological polar surface area (TPSA) is 136 Å². The summed E-state index contributed by atoms with van der Waals surface area (Å²) in [4.78, 5) is 27.9. The van der Waals surface area contributed by atoms with E-state index in [0.717, 1.165) is 22.3 Å². The third-order valence-corrected chi connectivity index (χ3v) is 6.65. The summed E-state index contributed by atoms with van der Waals surface area (Å²) < 4.78 is 17.0. The molecule has 1 aliphatic carbocycles. The number of aromatic amines is 1. The molecule has 0 aliphatic heterocycles. The number of aromatic nitrogens is 1. The van der Waals surface area contributed by atoms with Crippen LogP contribution in [-0.4, -0.2) is 61.5 Å². The van der Waals surface area contributed by atoms with Gasteiger partial charge in [0.2, 0.25) is 0 Å². The molecule has 3 aromatic rings. The minimum Gasteiger partial charge on any atom is -0.496 e. The van der Waals surface area contributed by atoms with Crippen LogP contribution in [0.3, 0.4) is 0 Å². The Morgan fingerprint density at radius 2 is 1.89 bits per heavy atom. The van der Waals surface area contributed by atoms with Crippen molar-refractivity contribution < 1.29 is 28.9 Å². The second-order valence-corrected chi connectivity index (χ2v) is 9.07. The molecule has 1 amide bonds. The lowest BCUT2D eigenvalue weighted by atomic mass is 9.88. The van der Waals surface area contributed by atoms with Crippen molar-refractivity contribution in [1.29, 1.82) is 0 Å². The van der Waals surface area contributed by atoms with Crippen molar-refractivity contribution in [3.63, 3.8) is 0 Å². The molecule has 1 heterocycles. The summed E-state index contributed by atoms with van der Waals surface area (Å²) in [5, 5.41) is 13.1. The van der Waals surface area contributed by atoms with Crippen LogP contribution < -0.4 is 11.1 Å². The van der Waals surface area contributed by atoms with E-state index in [2.05, 4.69) is 10.3 Å². The summed E-state index contributed by atoms with van der Waals surface area (Å²) in [7, 11) is 3.28. The number of benzene rings is 2. The Kier molecular flexibility index (Phi) is 8.50. The Morgan fingerprint density at radius 3 is 2.53 bits per heavy atom. The standard InChI is InChI=1S/C29H33N3O6/c1-4-38-16-18-14-23(36-2)25(24(15-18)37-3)19-11-9-17(10-12-19)13-22(29(34)35)32-28(33)27-26(30)20-7-5-6-8-21(20)31-27/h5-12,14,22,24,31H,4,13,15-16,30H2,1-3H3,(H,32,33)(H,34,35)/t22-,24?/m0/s1. The van der Waals surface area contributed by atoms with Gasteiger partial charge in [0.1, 0.15) is 17.5 Å². The average Bonchev–Trinajstić information content (AvgIpc) is 3.27. The smallest absolute Gasteiger partial charge is 0.326 e. The van der Waals surface area contributed by atoms with Gasteiger partial charge in [-0.3, -0.25) is 4.79 Å².